The molecule has 0 saturated carbocycles. The Labute approximate surface area is 218 Å². The van der Waals surface area contributed by atoms with Crippen molar-refractivity contribution in [3.05, 3.63) is 0 Å². The standard InChI is InChI=1S/C10H19N5O10P2S.3Li/c11-10-13-7-4(8(18)14-10)12-2-15(7)9-6(17)5(16)3(24-9)1-23-26(19,20)25-27(21,22)28;;;/h3-7,9-10,12-13H,1-2,11H2,(H,14,18)(H,19,20)(H2,21,22,28);;;/q-2;3*+1/p-1/t3-,4?,5-,6-,7?,9-,10?;;;/m1.../s1. The minimum absolute atomic E-state index is 0. The van der Waals surface area contributed by atoms with Gasteiger partial charge in [-0.05, 0) is 17.7 Å². The third-order valence-corrected chi connectivity index (χ3v) is 7.02. The van der Waals surface area contributed by atoms with E-state index >= 15 is 0 Å². The van der Waals surface area contributed by atoms with E-state index in [4.69, 9.17) is 20.3 Å². The Bertz CT molecular complexity index is 739. The van der Waals surface area contributed by atoms with Gasteiger partial charge in [-0.15, -0.1) is 6.10 Å². The third-order valence-electron chi connectivity index (χ3n) is 4.26. The fourth-order valence-corrected chi connectivity index (χ4v) is 5.49. The molecular formula is C10H18Li3N5O10P2S. The van der Waals surface area contributed by atoms with E-state index in [9.17, 15) is 24.8 Å². The number of nitrogens with one attached hydrogen (secondary N) is 2. The number of ether oxygens (including phenoxy) is 1. The number of aliphatic imine (C=N–C) groups is 1. The van der Waals surface area contributed by atoms with Crippen molar-refractivity contribution < 1.29 is 105 Å². The summed E-state index contributed by atoms with van der Waals surface area (Å²) in [5, 5.41) is 42.1. The van der Waals surface area contributed by atoms with Crippen LogP contribution in [0.1, 0.15) is 0 Å². The molecule has 7 N–H and O–H groups in total. The van der Waals surface area contributed by atoms with Crippen LogP contribution in [-0.2, 0) is 29.9 Å². The predicted molar refractivity (Wildman–Crippen MR) is 87.8 cm³/mol. The summed E-state index contributed by atoms with van der Waals surface area (Å²) in [6, 6.07) is -0.777. The number of rotatable bonds is 6. The fourth-order valence-electron chi connectivity index (χ4n) is 3.13. The molecule has 0 aromatic heterocycles. The molecule has 31 heavy (non-hydrogen) atoms. The van der Waals surface area contributed by atoms with Crippen LogP contribution in [0.25, 0.3) is 0 Å². The molecule has 0 bridgehead atoms. The number of phosphoric ester groups is 1. The molecule has 0 aromatic rings. The number of hydrogen-bond donors (Lipinski definition) is 6. The topological polar surface area (TPSA) is 240 Å². The summed E-state index contributed by atoms with van der Waals surface area (Å²) >= 11 is 4.07. The zero-order valence-corrected chi connectivity index (χ0v) is 19.5. The first-order valence-corrected chi connectivity index (χ1v) is 12.0. The molecule has 2 fully saturated rings. The Balaban J connectivity index is 0.00000300. The molecule has 0 aromatic carbocycles. The molecule has 8 atom stereocenters. The Morgan fingerprint density at radius 2 is 1.90 bits per heavy atom. The molecule has 15 nitrogen and oxygen atoms in total. The van der Waals surface area contributed by atoms with Crippen molar-refractivity contribution in [2.24, 2.45) is 10.7 Å². The van der Waals surface area contributed by atoms with E-state index in [-0.39, 0.29) is 63.3 Å². The number of nitrogens with two attached hydrogens (primary N) is 1. The maximum Gasteiger partial charge on any atom is 1.00 e. The summed E-state index contributed by atoms with van der Waals surface area (Å²) in [7, 11) is -4.99. The molecule has 3 aliphatic heterocycles. The van der Waals surface area contributed by atoms with Crippen molar-refractivity contribution in [1.29, 1.82) is 0 Å². The molecule has 3 heterocycles. The first kappa shape index (κ1) is 32.7. The summed E-state index contributed by atoms with van der Waals surface area (Å²) < 4.78 is 25.4. The second-order valence-electron chi connectivity index (χ2n) is 6.21. The van der Waals surface area contributed by atoms with E-state index < -0.39 is 70.1 Å². The van der Waals surface area contributed by atoms with Gasteiger partial charge >= 0.3 is 71.1 Å². The molecule has 3 rings (SSSR count). The molecule has 21 heteroatoms. The van der Waals surface area contributed by atoms with Gasteiger partial charge in [0.2, 0.25) is 0 Å². The van der Waals surface area contributed by atoms with E-state index in [1.807, 2.05) is 0 Å². The van der Waals surface area contributed by atoms with E-state index in [0.717, 1.165) is 0 Å². The van der Waals surface area contributed by atoms with E-state index in [2.05, 4.69) is 36.3 Å². The van der Waals surface area contributed by atoms with Crippen LogP contribution in [0.3, 0.4) is 0 Å². The Kier molecular flexibility index (Phi) is 13.2. The second-order valence-corrected chi connectivity index (χ2v) is 10.5. The summed E-state index contributed by atoms with van der Waals surface area (Å²) in [6.45, 7) is -5.30. The van der Waals surface area contributed by atoms with Gasteiger partial charge in [0.15, 0.2) is 6.29 Å². The van der Waals surface area contributed by atoms with E-state index in [1.165, 1.54) is 4.90 Å². The van der Waals surface area contributed by atoms with Gasteiger partial charge in [-0.2, -0.15) is 0 Å². The van der Waals surface area contributed by atoms with E-state index in [0.29, 0.717) is 0 Å². The van der Waals surface area contributed by atoms with Crippen molar-refractivity contribution in [2.75, 3.05) is 13.3 Å². The average Bonchev–Trinajstić information content (AvgIpc) is 3.06. The minimum atomic E-state index is -4.99. The molecule has 2 saturated heterocycles. The van der Waals surface area contributed by atoms with Crippen LogP contribution in [0.4, 0.5) is 0 Å². The Morgan fingerprint density at radius 1 is 1.29 bits per heavy atom. The van der Waals surface area contributed by atoms with Crippen molar-refractivity contribution in [3.63, 3.8) is 0 Å². The van der Waals surface area contributed by atoms with Gasteiger partial charge in [0.25, 0.3) is 0 Å². The maximum absolute atomic E-state index is 12.4. The second kappa shape index (κ2) is 12.6. The van der Waals surface area contributed by atoms with Gasteiger partial charge in [0.1, 0.15) is 0 Å². The molecule has 0 amide bonds. The zero-order chi connectivity index (χ0) is 20.9. The third kappa shape index (κ3) is 8.10. The normalized spacial score (nSPS) is 37.5. The van der Waals surface area contributed by atoms with Crippen molar-refractivity contribution in [1.82, 2.24) is 15.5 Å². The number of hydrogen-bond acceptors (Lipinski definition) is 13. The van der Waals surface area contributed by atoms with Crippen LogP contribution in [0, 0.1) is 0 Å². The summed E-state index contributed by atoms with van der Waals surface area (Å²) in [5.74, 6) is -0.514. The van der Waals surface area contributed by atoms with Gasteiger partial charge in [0, 0.05) is 0 Å². The molecule has 3 aliphatic rings. The van der Waals surface area contributed by atoms with Gasteiger partial charge in [-0.3, -0.25) is 25.9 Å². The molecule has 162 valence electrons. The fraction of sp³-hybridized carbons (Fsp3) is 0.900. The zero-order valence-electron chi connectivity index (χ0n) is 16.9. The van der Waals surface area contributed by atoms with Gasteiger partial charge in [-0.25, -0.2) is 13.8 Å². The average molecular weight is 483 g/mol. The predicted octanol–water partition coefficient (Wildman–Crippen LogP) is -15.3. The monoisotopic (exact) mass is 483 g/mol. The van der Waals surface area contributed by atoms with Crippen LogP contribution >= 0.6 is 14.5 Å². The summed E-state index contributed by atoms with van der Waals surface area (Å²) in [5.41, 5.74) is 5.60. The minimum Gasteiger partial charge on any atom is -0.861 e. The summed E-state index contributed by atoms with van der Waals surface area (Å²) in [4.78, 5) is 32.2. The van der Waals surface area contributed by atoms with Crippen LogP contribution in [-0.4, -0.2) is 81.8 Å². The van der Waals surface area contributed by atoms with Crippen molar-refractivity contribution in [3.8, 4) is 0 Å². The SMILES string of the molecule is NC1N=C([O-])C2NCN([C@@H]3O[C@H](COP(=O)(O)OP(O)(O)=S)[C@@H]([O-])[C@H]3[O-])C2N1.[Li+].[Li+].[Li+]. The molecule has 0 spiro atoms. The number of nitrogens with zero attached hydrogens (tertiary/aromatic N) is 2. The molecule has 0 aliphatic carbocycles. The largest absolute Gasteiger partial charge is 1.00 e. The Morgan fingerprint density at radius 3 is 2.48 bits per heavy atom. The first-order valence-electron chi connectivity index (χ1n) is 7.85. The Hall–Kier alpha value is 1.66. The van der Waals surface area contributed by atoms with Crippen LogP contribution in [0.15, 0.2) is 4.99 Å². The van der Waals surface area contributed by atoms with Gasteiger partial charge < -0.3 is 34.7 Å². The molecular weight excluding hydrogens is 465 g/mol. The smallest absolute Gasteiger partial charge is 0.861 e. The maximum atomic E-state index is 12.4. The van der Waals surface area contributed by atoms with Gasteiger partial charge in [0.05, 0.1) is 37.8 Å². The summed E-state index contributed by atoms with van der Waals surface area (Å²) in [6.07, 6.45) is -8.15. The van der Waals surface area contributed by atoms with Crippen LogP contribution in [0.2, 0.25) is 0 Å². The van der Waals surface area contributed by atoms with E-state index in [1.54, 1.807) is 0 Å². The van der Waals surface area contributed by atoms with Crippen molar-refractivity contribution >= 4 is 32.2 Å². The first-order chi connectivity index (χ1) is 12.9. The number of phosphoric acid groups is 1. The van der Waals surface area contributed by atoms with Crippen LogP contribution < -0.4 is 88.3 Å². The molecule has 4 unspecified atom stereocenters. The quantitative estimate of drug-likeness (QED) is 0.152. The van der Waals surface area contributed by atoms with Gasteiger partial charge in [-0.1, -0.05) is 6.10 Å². The molecule has 0 radical (unpaired) electrons. The van der Waals surface area contributed by atoms with Crippen LogP contribution in [0.5, 0.6) is 0 Å². The van der Waals surface area contributed by atoms with Crippen molar-refractivity contribution in [2.45, 2.75) is 43.0 Å². The number of fused-ring (bicyclic) bond motifs is 1.